The minimum absolute atomic E-state index is 0.977. The van der Waals surface area contributed by atoms with Crippen LogP contribution in [0.15, 0.2) is 96.9 Å². The topological polar surface area (TPSA) is 77.6 Å². The van der Waals surface area contributed by atoms with E-state index in [1.54, 1.807) is 43.4 Å². The van der Waals surface area contributed by atoms with Crippen molar-refractivity contribution in [1.29, 1.82) is 0 Å². The van der Waals surface area contributed by atoms with Crippen molar-refractivity contribution < 1.29 is 4.42 Å². The average molecular weight is 329 g/mol. The van der Waals surface area contributed by atoms with Crippen molar-refractivity contribution in [2.45, 2.75) is 0 Å². The van der Waals surface area contributed by atoms with Crippen molar-refractivity contribution in [3.05, 3.63) is 92.4 Å². The number of fused-ring (bicyclic) bond motifs is 3. The normalized spacial score (nSPS) is 9.60. The van der Waals surface area contributed by atoms with Gasteiger partial charge in [-0.25, -0.2) is 4.98 Å². The molecule has 0 N–H and O–H groups in total. The first-order valence-corrected chi connectivity index (χ1v) is 7.56. The molecule has 1 aromatic carbocycles. The zero-order valence-electron chi connectivity index (χ0n) is 13.3. The van der Waals surface area contributed by atoms with Crippen molar-refractivity contribution in [3.8, 4) is 0 Å². The zero-order valence-corrected chi connectivity index (χ0v) is 13.3. The molecular formula is C19H15N5O. The summed E-state index contributed by atoms with van der Waals surface area (Å²) in [7, 11) is 0. The summed E-state index contributed by atoms with van der Waals surface area (Å²) in [5.41, 5.74) is 1.95. The van der Waals surface area contributed by atoms with Crippen LogP contribution >= 0.6 is 0 Å². The molecule has 0 fully saturated rings. The highest BCUT2D eigenvalue weighted by Gasteiger charge is 2.00. The van der Waals surface area contributed by atoms with Gasteiger partial charge in [0.05, 0.1) is 17.2 Å². The van der Waals surface area contributed by atoms with Gasteiger partial charge in [-0.15, -0.1) is 0 Å². The molecule has 4 heterocycles. The number of benzene rings is 1. The Kier molecular flexibility index (Phi) is 5.72. The molecule has 0 aliphatic carbocycles. The van der Waals surface area contributed by atoms with Gasteiger partial charge in [0.25, 0.3) is 0 Å². The number of nitrogens with zero attached hydrogens (tertiary/aromatic N) is 5. The van der Waals surface area contributed by atoms with Crippen LogP contribution in [0.1, 0.15) is 0 Å². The van der Waals surface area contributed by atoms with Gasteiger partial charge in [0, 0.05) is 48.0 Å². The van der Waals surface area contributed by atoms with Crippen LogP contribution in [0, 0.1) is 0 Å². The summed E-state index contributed by atoms with van der Waals surface area (Å²) in [6.45, 7) is 0. The Balaban J connectivity index is 0.000000136. The molecule has 0 atom stereocenters. The van der Waals surface area contributed by atoms with Gasteiger partial charge in [0.1, 0.15) is 6.26 Å². The van der Waals surface area contributed by atoms with Crippen LogP contribution in [-0.2, 0) is 0 Å². The molecule has 122 valence electrons. The summed E-state index contributed by atoms with van der Waals surface area (Å²) in [5.74, 6) is 0. The smallest absolute Gasteiger partial charge is 0.180 e. The van der Waals surface area contributed by atoms with Gasteiger partial charge in [-0.2, -0.15) is 0 Å². The molecule has 0 aliphatic heterocycles. The van der Waals surface area contributed by atoms with Gasteiger partial charge in [-0.3, -0.25) is 19.9 Å². The maximum Gasteiger partial charge on any atom is 0.180 e. The van der Waals surface area contributed by atoms with E-state index in [0.717, 1.165) is 21.8 Å². The second kappa shape index (κ2) is 8.83. The average Bonchev–Trinajstić information content (AvgIpc) is 3.30. The highest BCUT2D eigenvalue weighted by Crippen LogP contribution is 2.20. The fourth-order valence-corrected chi connectivity index (χ4v) is 2.11. The third kappa shape index (κ3) is 4.65. The molecule has 5 aromatic rings. The van der Waals surface area contributed by atoms with Crippen LogP contribution in [0.25, 0.3) is 21.8 Å². The van der Waals surface area contributed by atoms with Gasteiger partial charge in [-0.05, 0) is 12.1 Å². The first-order valence-electron chi connectivity index (χ1n) is 7.56. The Morgan fingerprint density at radius 3 is 1.48 bits per heavy atom. The van der Waals surface area contributed by atoms with Crippen LogP contribution in [0.2, 0.25) is 0 Å². The fourth-order valence-electron chi connectivity index (χ4n) is 2.11. The summed E-state index contributed by atoms with van der Waals surface area (Å²) < 4.78 is 4.47. The number of hydrogen-bond donors (Lipinski definition) is 0. The summed E-state index contributed by atoms with van der Waals surface area (Å²) in [5, 5.41) is 2.28. The molecule has 6 heteroatoms. The Labute approximate surface area is 144 Å². The summed E-state index contributed by atoms with van der Waals surface area (Å²) >= 11 is 0. The monoisotopic (exact) mass is 329 g/mol. The Hall–Kier alpha value is -3.67. The SMILES string of the molecule is c1cnc2c(c1)ccc1cccnc12.c1cnccn1.c1cocn1. The molecule has 0 saturated carbocycles. The zero-order chi connectivity index (χ0) is 17.2. The Morgan fingerprint density at radius 1 is 0.560 bits per heavy atom. The summed E-state index contributed by atoms with van der Waals surface area (Å²) in [6.07, 6.45) is 14.6. The van der Waals surface area contributed by atoms with E-state index in [-0.39, 0.29) is 0 Å². The van der Waals surface area contributed by atoms with Crippen LogP contribution in [0.5, 0.6) is 0 Å². The molecule has 4 aromatic heterocycles. The molecule has 0 amide bonds. The Morgan fingerprint density at radius 2 is 1.12 bits per heavy atom. The molecular weight excluding hydrogens is 314 g/mol. The molecule has 0 bridgehead atoms. The second-order valence-corrected chi connectivity index (χ2v) is 4.79. The van der Waals surface area contributed by atoms with Crippen LogP contribution in [0.3, 0.4) is 0 Å². The molecule has 25 heavy (non-hydrogen) atoms. The predicted octanol–water partition coefficient (Wildman–Crippen LogP) is 3.93. The van der Waals surface area contributed by atoms with Crippen LogP contribution < -0.4 is 0 Å². The van der Waals surface area contributed by atoms with E-state index in [1.165, 1.54) is 12.7 Å². The fraction of sp³-hybridized carbons (Fsp3) is 0. The second-order valence-electron chi connectivity index (χ2n) is 4.79. The molecule has 0 aliphatic rings. The molecule has 0 spiro atoms. The highest BCUT2D eigenvalue weighted by molar-refractivity contribution is 6.02. The largest absolute Gasteiger partial charge is 0.452 e. The minimum Gasteiger partial charge on any atom is -0.452 e. The lowest BCUT2D eigenvalue weighted by Gasteiger charge is -2.00. The van der Waals surface area contributed by atoms with Crippen molar-refractivity contribution >= 4 is 21.8 Å². The van der Waals surface area contributed by atoms with E-state index < -0.39 is 0 Å². The van der Waals surface area contributed by atoms with E-state index in [2.05, 4.69) is 53.6 Å². The molecule has 5 rings (SSSR count). The first kappa shape index (κ1) is 16.2. The molecule has 0 unspecified atom stereocenters. The van der Waals surface area contributed by atoms with E-state index >= 15 is 0 Å². The van der Waals surface area contributed by atoms with Gasteiger partial charge in [0.15, 0.2) is 6.39 Å². The summed E-state index contributed by atoms with van der Waals surface area (Å²) in [6, 6.07) is 12.1. The van der Waals surface area contributed by atoms with Crippen molar-refractivity contribution in [2.75, 3.05) is 0 Å². The quantitative estimate of drug-likeness (QED) is 0.401. The number of pyridine rings is 2. The number of rotatable bonds is 0. The van der Waals surface area contributed by atoms with E-state index in [9.17, 15) is 0 Å². The highest BCUT2D eigenvalue weighted by atomic mass is 16.3. The third-order valence-corrected chi connectivity index (χ3v) is 3.17. The van der Waals surface area contributed by atoms with Crippen molar-refractivity contribution in [2.24, 2.45) is 0 Å². The van der Waals surface area contributed by atoms with E-state index in [4.69, 9.17) is 0 Å². The standard InChI is InChI=1S/C12H8N2.C4H4N2.C3H3NO/c1-3-9-5-6-10-4-2-8-14-12(10)11(9)13-7-1;1-2-6-4-3-5-1;1-2-5-3-4-1/h1-8H;1-4H;1-3H. The van der Waals surface area contributed by atoms with Gasteiger partial charge >= 0.3 is 0 Å². The van der Waals surface area contributed by atoms with Gasteiger partial charge < -0.3 is 4.42 Å². The number of oxazole rings is 1. The summed E-state index contributed by atoms with van der Waals surface area (Å²) in [4.78, 5) is 19.7. The van der Waals surface area contributed by atoms with Crippen molar-refractivity contribution in [1.82, 2.24) is 24.9 Å². The number of hydrogen-bond acceptors (Lipinski definition) is 6. The van der Waals surface area contributed by atoms with Gasteiger partial charge in [0.2, 0.25) is 0 Å². The lowest BCUT2D eigenvalue weighted by Crippen LogP contribution is -1.83. The minimum atomic E-state index is 0.977. The first-order chi connectivity index (χ1) is 12.4. The molecule has 6 nitrogen and oxygen atoms in total. The lowest BCUT2D eigenvalue weighted by molar-refractivity contribution is 0.558. The third-order valence-electron chi connectivity index (χ3n) is 3.17. The van der Waals surface area contributed by atoms with E-state index in [1.807, 2.05) is 12.1 Å². The van der Waals surface area contributed by atoms with Gasteiger partial charge in [-0.1, -0.05) is 24.3 Å². The molecule has 0 radical (unpaired) electrons. The predicted molar refractivity (Wildman–Crippen MR) is 95.6 cm³/mol. The molecule has 0 saturated heterocycles. The van der Waals surface area contributed by atoms with Crippen LogP contribution in [0.4, 0.5) is 0 Å². The van der Waals surface area contributed by atoms with Crippen LogP contribution in [-0.4, -0.2) is 24.9 Å². The maximum absolute atomic E-state index is 4.47. The lowest BCUT2D eigenvalue weighted by atomic mass is 10.1. The number of aromatic nitrogens is 5. The van der Waals surface area contributed by atoms with E-state index in [0.29, 0.717) is 0 Å². The van der Waals surface area contributed by atoms with Crippen molar-refractivity contribution in [3.63, 3.8) is 0 Å². The Bertz CT molecular complexity index is 905. The maximum atomic E-state index is 4.47.